The minimum absolute atomic E-state index is 0.251. The average molecular weight is 275 g/mol. The zero-order chi connectivity index (χ0) is 14.6. The van der Waals surface area contributed by atoms with E-state index in [-0.39, 0.29) is 6.10 Å². The highest BCUT2D eigenvalue weighted by Crippen LogP contribution is 2.39. The number of nitrogens with one attached hydrogen (secondary N) is 1. The zero-order valence-electron chi connectivity index (χ0n) is 13.4. The van der Waals surface area contributed by atoms with Crippen LogP contribution in [0.3, 0.4) is 0 Å². The second-order valence-corrected chi connectivity index (χ2v) is 7.23. The normalized spacial score (nSPS) is 27.0. The summed E-state index contributed by atoms with van der Waals surface area (Å²) in [6.45, 7) is 10.1. The summed E-state index contributed by atoms with van der Waals surface area (Å²) in [5.74, 6) is 0.776. The van der Waals surface area contributed by atoms with Crippen molar-refractivity contribution >= 4 is 5.69 Å². The van der Waals surface area contributed by atoms with Gasteiger partial charge in [-0.15, -0.1) is 0 Å². The van der Waals surface area contributed by atoms with Crippen molar-refractivity contribution in [3.8, 4) is 0 Å². The molecule has 2 nitrogen and oxygen atoms in total. The molecule has 1 N–H and O–H groups in total. The van der Waals surface area contributed by atoms with Gasteiger partial charge >= 0.3 is 0 Å². The fourth-order valence-electron chi connectivity index (χ4n) is 3.56. The van der Waals surface area contributed by atoms with E-state index in [2.05, 4.69) is 57.3 Å². The number of para-hydroxylation sites is 1. The third kappa shape index (κ3) is 4.82. The van der Waals surface area contributed by atoms with E-state index in [4.69, 9.17) is 4.74 Å². The molecule has 0 aromatic heterocycles. The molecule has 2 rings (SSSR count). The second kappa shape index (κ2) is 6.62. The lowest BCUT2D eigenvalue weighted by Crippen LogP contribution is -2.36. The van der Waals surface area contributed by atoms with E-state index in [0.29, 0.717) is 11.5 Å². The third-order valence-electron chi connectivity index (χ3n) is 4.14. The molecule has 2 heteroatoms. The Morgan fingerprint density at radius 2 is 1.95 bits per heavy atom. The van der Waals surface area contributed by atoms with Crippen molar-refractivity contribution in [1.82, 2.24) is 0 Å². The van der Waals surface area contributed by atoms with Gasteiger partial charge in [0.25, 0.3) is 0 Å². The molecule has 1 aromatic rings. The maximum atomic E-state index is 6.26. The monoisotopic (exact) mass is 275 g/mol. The van der Waals surface area contributed by atoms with Gasteiger partial charge in [-0.1, -0.05) is 39.0 Å². The average Bonchev–Trinajstić information content (AvgIpc) is 2.35. The molecule has 0 amide bonds. The molecule has 0 heterocycles. The van der Waals surface area contributed by atoms with E-state index < -0.39 is 0 Å². The Bertz CT molecular complexity index is 401. The number of benzene rings is 1. The van der Waals surface area contributed by atoms with Crippen LogP contribution in [0.15, 0.2) is 30.3 Å². The quantitative estimate of drug-likeness (QED) is 0.839. The number of ether oxygens (including phenoxy) is 1. The summed E-state index contributed by atoms with van der Waals surface area (Å²) < 4.78 is 6.26. The summed E-state index contributed by atoms with van der Waals surface area (Å²) in [5, 5.41) is 3.44. The number of rotatable bonds is 5. The van der Waals surface area contributed by atoms with Crippen molar-refractivity contribution in [2.75, 3.05) is 11.9 Å². The van der Waals surface area contributed by atoms with Crippen LogP contribution in [0.5, 0.6) is 0 Å². The molecule has 0 spiro atoms. The van der Waals surface area contributed by atoms with Crippen LogP contribution in [0.25, 0.3) is 0 Å². The Morgan fingerprint density at radius 1 is 1.25 bits per heavy atom. The van der Waals surface area contributed by atoms with Crippen molar-refractivity contribution in [2.24, 2.45) is 11.3 Å². The zero-order valence-corrected chi connectivity index (χ0v) is 13.4. The first kappa shape index (κ1) is 15.4. The first-order valence-electron chi connectivity index (χ1n) is 7.89. The predicted octanol–water partition coefficient (Wildman–Crippen LogP) is 4.72. The van der Waals surface area contributed by atoms with Crippen molar-refractivity contribution in [1.29, 1.82) is 0 Å². The number of hydrogen-bond donors (Lipinski definition) is 1. The number of hydrogen-bond acceptors (Lipinski definition) is 2. The second-order valence-electron chi connectivity index (χ2n) is 7.23. The Balaban J connectivity index is 1.78. The lowest BCUT2D eigenvalue weighted by atomic mass is 9.71. The van der Waals surface area contributed by atoms with Crippen LogP contribution < -0.4 is 5.32 Å². The van der Waals surface area contributed by atoms with Gasteiger partial charge in [0.2, 0.25) is 0 Å². The van der Waals surface area contributed by atoms with Gasteiger partial charge in [-0.3, -0.25) is 0 Å². The van der Waals surface area contributed by atoms with Gasteiger partial charge in [-0.2, -0.15) is 0 Å². The fourth-order valence-corrected chi connectivity index (χ4v) is 3.56. The van der Waals surface area contributed by atoms with Crippen LogP contribution in [0.1, 0.15) is 47.0 Å². The number of anilines is 1. The molecule has 1 aliphatic rings. The van der Waals surface area contributed by atoms with Gasteiger partial charge in [0.1, 0.15) is 0 Å². The third-order valence-corrected chi connectivity index (χ3v) is 4.14. The first-order chi connectivity index (χ1) is 9.44. The SMILES string of the molecule is CC1CC(OC(C)CNc2ccccc2)CC(C)(C)C1. The van der Waals surface area contributed by atoms with E-state index in [9.17, 15) is 0 Å². The largest absolute Gasteiger partial charge is 0.382 e. The van der Waals surface area contributed by atoms with Gasteiger partial charge < -0.3 is 10.1 Å². The molecule has 3 unspecified atom stereocenters. The van der Waals surface area contributed by atoms with Crippen molar-refractivity contribution < 1.29 is 4.74 Å². The minimum atomic E-state index is 0.251. The molecule has 0 aliphatic heterocycles. The summed E-state index contributed by atoms with van der Waals surface area (Å²) in [6, 6.07) is 10.3. The van der Waals surface area contributed by atoms with Crippen LogP contribution in [-0.4, -0.2) is 18.8 Å². The van der Waals surface area contributed by atoms with Gasteiger partial charge in [0.15, 0.2) is 0 Å². The Morgan fingerprint density at radius 3 is 2.60 bits per heavy atom. The standard InChI is InChI=1S/C18H29NO/c1-14-10-17(12-18(3,4)11-14)20-15(2)13-19-16-8-6-5-7-9-16/h5-9,14-15,17,19H,10-13H2,1-4H3. The summed E-state index contributed by atoms with van der Waals surface area (Å²) in [6.07, 6.45) is 4.39. The molecular weight excluding hydrogens is 246 g/mol. The lowest BCUT2D eigenvalue weighted by Gasteiger charge is -2.39. The Labute approximate surface area is 123 Å². The van der Waals surface area contributed by atoms with Gasteiger partial charge in [-0.05, 0) is 49.7 Å². The molecule has 1 aliphatic carbocycles. The summed E-state index contributed by atoms with van der Waals surface area (Å²) in [4.78, 5) is 0. The van der Waals surface area contributed by atoms with Gasteiger partial charge in [0, 0.05) is 12.2 Å². The first-order valence-corrected chi connectivity index (χ1v) is 7.89. The molecule has 3 atom stereocenters. The van der Waals surface area contributed by atoms with E-state index in [1.54, 1.807) is 0 Å². The Hall–Kier alpha value is -1.02. The van der Waals surface area contributed by atoms with Crippen LogP contribution in [-0.2, 0) is 4.74 Å². The van der Waals surface area contributed by atoms with Crippen molar-refractivity contribution in [3.63, 3.8) is 0 Å². The van der Waals surface area contributed by atoms with Crippen LogP contribution >= 0.6 is 0 Å². The summed E-state index contributed by atoms with van der Waals surface area (Å²) in [5.41, 5.74) is 1.59. The fraction of sp³-hybridized carbons (Fsp3) is 0.667. The van der Waals surface area contributed by atoms with Crippen molar-refractivity contribution in [2.45, 2.75) is 59.2 Å². The summed E-state index contributed by atoms with van der Waals surface area (Å²) in [7, 11) is 0. The van der Waals surface area contributed by atoms with Crippen LogP contribution in [0.4, 0.5) is 5.69 Å². The van der Waals surface area contributed by atoms with Crippen LogP contribution in [0, 0.1) is 11.3 Å². The van der Waals surface area contributed by atoms with E-state index >= 15 is 0 Å². The van der Waals surface area contributed by atoms with E-state index in [1.807, 2.05) is 6.07 Å². The summed E-state index contributed by atoms with van der Waals surface area (Å²) >= 11 is 0. The molecule has 0 saturated heterocycles. The molecule has 1 fully saturated rings. The van der Waals surface area contributed by atoms with E-state index in [0.717, 1.165) is 12.5 Å². The molecule has 1 saturated carbocycles. The van der Waals surface area contributed by atoms with Gasteiger partial charge in [0.05, 0.1) is 12.2 Å². The molecule has 1 aromatic carbocycles. The van der Waals surface area contributed by atoms with E-state index in [1.165, 1.54) is 24.9 Å². The molecule has 20 heavy (non-hydrogen) atoms. The smallest absolute Gasteiger partial charge is 0.0723 e. The van der Waals surface area contributed by atoms with Crippen molar-refractivity contribution in [3.05, 3.63) is 30.3 Å². The highest BCUT2D eigenvalue weighted by Gasteiger charge is 2.33. The maximum absolute atomic E-state index is 6.26. The van der Waals surface area contributed by atoms with Gasteiger partial charge in [-0.25, -0.2) is 0 Å². The van der Waals surface area contributed by atoms with Crippen LogP contribution in [0.2, 0.25) is 0 Å². The topological polar surface area (TPSA) is 21.3 Å². The lowest BCUT2D eigenvalue weighted by molar-refractivity contribution is -0.0537. The predicted molar refractivity (Wildman–Crippen MR) is 86.1 cm³/mol. The maximum Gasteiger partial charge on any atom is 0.0723 e. The minimum Gasteiger partial charge on any atom is -0.382 e. The molecule has 112 valence electrons. The Kier molecular flexibility index (Phi) is 5.09. The molecular formula is C18H29NO. The highest BCUT2D eigenvalue weighted by atomic mass is 16.5. The highest BCUT2D eigenvalue weighted by molar-refractivity contribution is 5.42. The molecule has 0 bridgehead atoms. The molecule has 0 radical (unpaired) electrons.